The number of likely N-dealkylation sites (N-methyl/N-ethyl adjacent to an activating group) is 1. The van der Waals surface area contributed by atoms with Crippen LogP contribution in [0.5, 0.6) is 0 Å². The van der Waals surface area contributed by atoms with Gasteiger partial charge in [-0.15, -0.1) is 0 Å². The van der Waals surface area contributed by atoms with Gasteiger partial charge in [-0.2, -0.15) is 8.78 Å². The molecule has 0 unspecified atom stereocenters. The van der Waals surface area contributed by atoms with Gasteiger partial charge >= 0.3 is 11.9 Å². The van der Waals surface area contributed by atoms with Crippen LogP contribution in [0.1, 0.15) is 25.3 Å². The van der Waals surface area contributed by atoms with Crippen LogP contribution in [-0.2, 0) is 15.5 Å². The van der Waals surface area contributed by atoms with Crippen molar-refractivity contribution in [3.63, 3.8) is 0 Å². The number of amides is 1. The third-order valence-corrected chi connectivity index (χ3v) is 4.13. The first-order chi connectivity index (χ1) is 10.8. The van der Waals surface area contributed by atoms with Crippen molar-refractivity contribution in [1.29, 1.82) is 0 Å². The first kappa shape index (κ1) is 17.3. The van der Waals surface area contributed by atoms with E-state index in [1.807, 2.05) is 6.92 Å². The predicted molar refractivity (Wildman–Crippen MR) is 80.2 cm³/mol. The standard InChI is InChI=1S/C16H20F2N2O3/c1-2-20(10-14(21)22)13-8-12(9-13)19-15(23)16(17,18)11-6-4-3-5-7-11/h3-7,12-13H,2,8-10H2,1H3,(H,19,23)(H,21,22). The fraction of sp³-hybridized carbons (Fsp3) is 0.500. The molecule has 0 bridgehead atoms. The van der Waals surface area contributed by atoms with Gasteiger partial charge in [-0.05, 0) is 19.4 Å². The summed E-state index contributed by atoms with van der Waals surface area (Å²) in [6, 6.07) is 6.62. The van der Waals surface area contributed by atoms with E-state index in [4.69, 9.17) is 5.11 Å². The SMILES string of the molecule is CCN(CC(=O)O)C1CC(NC(=O)C(F)(F)c2ccccc2)C1. The van der Waals surface area contributed by atoms with Gasteiger partial charge in [0.25, 0.3) is 5.91 Å². The highest BCUT2D eigenvalue weighted by Crippen LogP contribution is 2.31. The van der Waals surface area contributed by atoms with E-state index in [-0.39, 0.29) is 24.2 Å². The molecule has 0 aromatic heterocycles. The summed E-state index contributed by atoms with van der Waals surface area (Å²) in [4.78, 5) is 24.3. The summed E-state index contributed by atoms with van der Waals surface area (Å²) in [6.07, 6.45) is 0.968. The minimum atomic E-state index is -3.57. The van der Waals surface area contributed by atoms with Gasteiger partial charge in [0, 0.05) is 17.6 Å². The highest BCUT2D eigenvalue weighted by atomic mass is 19.3. The largest absolute Gasteiger partial charge is 0.480 e. The molecule has 2 N–H and O–H groups in total. The summed E-state index contributed by atoms with van der Waals surface area (Å²) in [5.74, 6) is -5.80. The topological polar surface area (TPSA) is 69.6 Å². The molecule has 1 aliphatic rings. The lowest BCUT2D eigenvalue weighted by atomic mass is 9.85. The van der Waals surface area contributed by atoms with Crippen LogP contribution in [-0.4, -0.2) is 47.1 Å². The maximum absolute atomic E-state index is 14.1. The molecule has 0 aliphatic heterocycles. The number of nitrogens with one attached hydrogen (secondary N) is 1. The number of carbonyl (C=O) groups excluding carboxylic acids is 1. The van der Waals surface area contributed by atoms with Gasteiger partial charge in [0.05, 0.1) is 6.54 Å². The molecule has 2 rings (SSSR count). The fourth-order valence-corrected chi connectivity index (χ4v) is 2.73. The van der Waals surface area contributed by atoms with Crippen LogP contribution in [0.4, 0.5) is 8.78 Å². The molecular formula is C16H20F2N2O3. The molecule has 1 aromatic carbocycles. The van der Waals surface area contributed by atoms with Crippen LogP contribution in [0.15, 0.2) is 30.3 Å². The smallest absolute Gasteiger partial charge is 0.349 e. The number of carbonyl (C=O) groups is 2. The van der Waals surface area contributed by atoms with Crippen molar-refractivity contribution < 1.29 is 23.5 Å². The van der Waals surface area contributed by atoms with E-state index in [2.05, 4.69) is 5.32 Å². The molecule has 0 spiro atoms. The van der Waals surface area contributed by atoms with Crippen molar-refractivity contribution in [2.75, 3.05) is 13.1 Å². The lowest BCUT2D eigenvalue weighted by Crippen LogP contribution is -2.56. The first-order valence-corrected chi connectivity index (χ1v) is 7.54. The molecule has 1 aromatic rings. The van der Waals surface area contributed by atoms with Crippen molar-refractivity contribution >= 4 is 11.9 Å². The molecule has 0 heterocycles. The maximum Gasteiger partial charge on any atom is 0.349 e. The highest BCUT2D eigenvalue weighted by molar-refractivity contribution is 5.85. The summed E-state index contributed by atoms with van der Waals surface area (Å²) >= 11 is 0. The number of rotatable bonds is 7. The Kier molecular flexibility index (Phi) is 5.30. The van der Waals surface area contributed by atoms with Crippen LogP contribution < -0.4 is 5.32 Å². The molecular weight excluding hydrogens is 306 g/mol. The number of carboxylic acids is 1. The highest BCUT2D eigenvalue weighted by Gasteiger charge is 2.44. The minimum absolute atomic E-state index is 0.00625. The first-order valence-electron chi connectivity index (χ1n) is 7.54. The number of carboxylic acid groups (broad SMARTS) is 1. The lowest BCUT2D eigenvalue weighted by molar-refractivity contribution is -0.149. The van der Waals surface area contributed by atoms with Crippen molar-refractivity contribution in [3.05, 3.63) is 35.9 Å². The van der Waals surface area contributed by atoms with Gasteiger partial charge in [0.15, 0.2) is 0 Å². The molecule has 126 valence electrons. The van der Waals surface area contributed by atoms with Crippen molar-refractivity contribution in [3.8, 4) is 0 Å². The zero-order valence-electron chi connectivity index (χ0n) is 12.8. The van der Waals surface area contributed by atoms with E-state index in [1.165, 1.54) is 24.3 Å². The fourth-order valence-electron chi connectivity index (χ4n) is 2.73. The summed E-state index contributed by atoms with van der Waals surface area (Å²) in [6.45, 7) is 2.33. The van der Waals surface area contributed by atoms with Crippen molar-refractivity contribution in [1.82, 2.24) is 10.2 Å². The Hall–Kier alpha value is -2.02. The second kappa shape index (κ2) is 7.04. The van der Waals surface area contributed by atoms with Crippen LogP contribution >= 0.6 is 0 Å². The second-order valence-electron chi connectivity index (χ2n) is 5.69. The number of aliphatic carboxylic acids is 1. The zero-order valence-corrected chi connectivity index (χ0v) is 12.8. The maximum atomic E-state index is 14.1. The number of alkyl halides is 2. The Bertz CT molecular complexity index is 560. The van der Waals surface area contributed by atoms with Crippen LogP contribution in [0.3, 0.4) is 0 Å². The molecule has 1 fully saturated rings. The summed E-state index contributed by atoms with van der Waals surface area (Å²) < 4.78 is 28.1. The molecule has 1 aliphatic carbocycles. The Balaban J connectivity index is 1.87. The molecule has 0 radical (unpaired) electrons. The quantitative estimate of drug-likeness (QED) is 0.802. The third-order valence-electron chi connectivity index (χ3n) is 4.13. The third kappa shape index (κ3) is 4.04. The average Bonchev–Trinajstić information content (AvgIpc) is 2.48. The summed E-state index contributed by atoms with van der Waals surface area (Å²) in [5, 5.41) is 11.2. The molecule has 23 heavy (non-hydrogen) atoms. The summed E-state index contributed by atoms with van der Waals surface area (Å²) in [5.41, 5.74) is -0.338. The average molecular weight is 326 g/mol. The van der Waals surface area contributed by atoms with E-state index in [1.54, 1.807) is 11.0 Å². The predicted octanol–water partition coefficient (Wildman–Crippen LogP) is 1.83. The molecule has 1 amide bonds. The zero-order chi connectivity index (χ0) is 17.0. The number of hydrogen-bond acceptors (Lipinski definition) is 3. The van der Waals surface area contributed by atoms with Gasteiger partial charge in [-0.1, -0.05) is 37.3 Å². The number of nitrogens with zero attached hydrogens (tertiary/aromatic N) is 1. The normalized spacial score (nSPS) is 20.9. The molecule has 0 saturated heterocycles. The van der Waals surface area contributed by atoms with Gasteiger partial charge < -0.3 is 10.4 Å². The van der Waals surface area contributed by atoms with Crippen LogP contribution in [0.2, 0.25) is 0 Å². The van der Waals surface area contributed by atoms with Gasteiger partial charge in [-0.25, -0.2) is 0 Å². The van der Waals surface area contributed by atoms with E-state index in [9.17, 15) is 18.4 Å². The number of hydrogen-bond donors (Lipinski definition) is 2. The van der Waals surface area contributed by atoms with Gasteiger partial charge in [0.1, 0.15) is 0 Å². The van der Waals surface area contributed by atoms with Crippen LogP contribution in [0.25, 0.3) is 0 Å². The number of halogens is 2. The van der Waals surface area contributed by atoms with E-state index in [0.29, 0.717) is 19.4 Å². The Labute approximate surface area is 133 Å². The Morgan fingerprint density at radius 2 is 1.91 bits per heavy atom. The van der Waals surface area contributed by atoms with Gasteiger partial charge in [0.2, 0.25) is 0 Å². The Morgan fingerprint density at radius 3 is 2.43 bits per heavy atom. The molecule has 0 atom stereocenters. The van der Waals surface area contributed by atoms with E-state index < -0.39 is 17.8 Å². The minimum Gasteiger partial charge on any atom is -0.480 e. The van der Waals surface area contributed by atoms with Crippen molar-refractivity contribution in [2.24, 2.45) is 0 Å². The monoisotopic (exact) mass is 326 g/mol. The number of benzene rings is 1. The van der Waals surface area contributed by atoms with Gasteiger partial charge in [-0.3, -0.25) is 14.5 Å². The second-order valence-corrected chi connectivity index (χ2v) is 5.69. The summed E-state index contributed by atoms with van der Waals surface area (Å²) in [7, 11) is 0. The molecule has 7 heteroatoms. The Morgan fingerprint density at radius 1 is 1.30 bits per heavy atom. The van der Waals surface area contributed by atoms with Crippen LogP contribution in [0, 0.1) is 0 Å². The lowest BCUT2D eigenvalue weighted by Gasteiger charge is -2.42. The van der Waals surface area contributed by atoms with E-state index in [0.717, 1.165) is 0 Å². The van der Waals surface area contributed by atoms with Crippen molar-refractivity contribution in [2.45, 2.75) is 37.8 Å². The van der Waals surface area contributed by atoms with E-state index >= 15 is 0 Å². The molecule has 1 saturated carbocycles. The molecule has 5 nitrogen and oxygen atoms in total.